The molecule has 7 heteroatoms. The van der Waals surface area contributed by atoms with E-state index in [9.17, 15) is 9.59 Å². The lowest BCUT2D eigenvalue weighted by atomic mass is 10.1. The zero-order chi connectivity index (χ0) is 35.1. The van der Waals surface area contributed by atoms with Gasteiger partial charge in [-0.1, -0.05) is 61.1 Å². The van der Waals surface area contributed by atoms with E-state index in [0.717, 1.165) is 67.4 Å². The predicted octanol–water partition coefficient (Wildman–Crippen LogP) is 7.80. The molecule has 0 spiro atoms. The van der Waals surface area contributed by atoms with Crippen LogP contribution >= 0.6 is 0 Å². The smallest absolute Gasteiger partial charge is 0.330 e. The van der Waals surface area contributed by atoms with Gasteiger partial charge >= 0.3 is 11.9 Å². The minimum absolute atomic E-state index is 0.285. The molecule has 0 aromatic heterocycles. The van der Waals surface area contributed by atoms with Gasteiger partial charge in [-0.25, -0.2) is 9.59 Å². The minimum Gasteiger partial charge on any atom is -0.495 e. The third kappa shape index (κ3) is 10.0. The quantitative estimate of drug-likeness (QED) is 0.0550. The van der Waals surface area contributed by atoms with E-state index in [1.165, 1.54) is 0 Å². The van der Waals surface area contributed by atoms with Crippen LogP contribution in [0, 0.1) is 23.7 Å². The van der Waals surface area contributed by atoms with E-state index >= 15 is 0 Å². The van der Waals surface area contributed by atoms with Crippen LogP contribution < -0.4 is 14.2 Å². The summed E-state index contributed by atoms with van der Waals surface area (Å²) in [5.41, 5.74) is 3.35. The Bertz CT molecular complexity index is 2160. The van der Waals surface area contributed by atoms with Crippen LogP contribution in [0.2, 0.25) is 0 Å². The van der Waals surface area contributed by atoms with Crippen LogP contribution in [0.5, 0.6) is 17.2 Å². The molecule has 5 aromatic carbocycles. The van der Waals surface area contributed by atoms with Gasteiger partial charge in [0.15, 0.2) is 0 Å². The molecular formula is C43H36O7. The molecule has 0 radical (unpaired) electrons. The number of methoxy groups -OCH3 is 1. The van der Waals surface area contributed by atoms with Crippen LogP contribution in [-0.2, 0) is 19.1 Å². The van der Waals surface area contributed by atoms with Crippen molar-refractivity contribution in [3.8, 4) is 40.9 Å². The van der Waals surface area contributed by atoms with Crippen LogP contribution in [0.15, 0.2) is 116 Å². The first-order valence-electron chi connectivity index (χ1n) is 16.1. The molecule has 7 nitrogen and oxygen atoms in total. The summed E-state index contributed by atoms with van der Waals surface area (Å²) in [6.07, 6.45) is 3.48. The van der Waals surface area contributed by atoms with Crippen molar-refractivity contribution in [2.75, 3.05) is 33.5 Å². The third-order valence-corrected chi connectivity index (χ3v) is 7.45. The van der Waals surface area contributed by atoms with E-state index in [1.54, 1.807) is 7.11 Å². The Morgan fingerprint density at radius 2 is 1.00 bits per heavy atom. The summed E-state index contributed by atoms with van der Waals surface area (Å²) in [4.78, 5) is 22.3. The molecule has 50 heavy (non-hydrogen) atoms. The van der Waals surface area contributed by atoms with E-state index in [4.69, 9.17) is 23.7 Å². The highest BCUT2D eigenvalue weighted by Crippen LogP contribution is 2.24. The highest BCUT2D eigenvalue weighted by atomic mass is 16.5. The molecule has 0 aliphatic carbocycles. The molecule has 0 atom stereocenters. The summed E-state index contributed by atoms with van der Waals surface area (Å²) in [6.45, 7) is 8.21. The van der Waals surface area contributed by atoms with Gasteiger partial charge in [0, 0.05) is 41.7 Å². The third-order valence-electron chi connectivity index (χ3n) is 7.45. The van der Waals surface area contributed by atoms with Gasteiger partial charge in [0.1, 0.15) is 17.2 Å². The Morgan fingerprint density at radius 3 is 1.50 bits per heavy atom. The molecule has 0 saturated heterocycles. The zero-order valence-corrected chi connectivity index (χ0v) is 27.8. The Morgan fingerprint density at radius 1 is 0.560 bits per heavy atom. The number of benzene rings is 5. The fourth-order valence-electron chi connectivity index (χ4n) is 4.90. The molecule has 0 heterocycles. The summed E-state index contributed by atoms with van der Waals surface area (Å²) >= 11 is 0. The standard InChI is InChI=1S/C43H36O7/c1-4-42(44)49-24-6-22-47-39-20-18-35-26-31(12-16-37(35)29-39)8-9-33-11-15-34(41(28-33)46-3)14-10-32-13-17-38-30-40(21-19-36(38)27-32)48-23-7-25-50-43(45)5-2/h4-5,11-13,15-21,26-30H,1-2,6-7,22-25H2,3H3. The average Bonchev–Trinajstić information content (AvgIpc) is 3.15. The van der Waals surface area contributed by atoms with Gasteiger partial charge in [-0.3, -0.25) is 0 Å². The second kappa shape index (κ2) is 17.6. The molecule has 0 aliphatic heterocycles. The van der Waals surface area contributed by atoms with Crippen molar-refractivity contribution >= 4 is 33.5 Å². The number of hydrogen-bond acceptors (Lipinski definition) is 7. The Kier molecular flexibility index (Phi) is 12.3. The van der Waals surface area contributed by atoms with E-state index < -0.39 is 11.9 Å². The van der Waals surface area contributed by atoms with Gasteiger partial charge in [0.2, 0.25) is 0 Å². The number of hydrogen-bond donors (Lipinski definition) is 0. The molecule has 0 fully saturated rings. The van der Waals surface area contributed by atoms with Crippen molar-refractivity contribution in [3.63, 3.8) is 0 Å². The molecule has 0 bridgehead atoms. The minimum atomic E-state index is -0.434. The van der Waals surface area contributed by atoms with Gasteiger partial charge in [-0.05, 0) is 88.3 Å². The number of fused-ring (bicyclic) bond motifs is 2. The Labute approximate surface area is 292 Å². The summed E-state index contributed by atoms with van der Waals surface area (Å²) < 4.78 is 27.2. The topological polar surface area (TPSA) is 80.3 Å². The molecule has 0 saturated carbocycles. The second-order valence-electron chi connectivity index (χ2n) is 11.0. The fourth-order valence-corrected chi connectivity index (χ4v) is 4.90. The van der Waals surface area contributed by atoms with Gasteiger partial charge in [0.25, 0.3) is 0 Å². The Hall–Kier alpha value is -6.44. The predicted molar refractivity (Wildman–Crippen MR) is 195 cm³/mol. The van der Waals surface area contributed by atoms with E-state index in [2.05, 4.69) is 36.8 Å². The van der Waals surface area contributed by atoms with Crippen LogP contribution in [0.1, 0.15) is 35.1 Å². The maximum absolute atomic E-state index is 11.1. The molecule has 0 unspecified atom stereocenters. The molecule has 0 N–H and O–H groups in total. The first-order chi connectivity index (χ1) is 24.4. The van der Waals surface area contributed by atoms with Crippen molar-refractivity contribution in [1.29, 1.82) is 0 Å². The molecule has 5 rings (SSSR count). The van der Waals surface area contributed by atoms with E-state index in [1.807, 2.05) is 91.0 Å². The summed E-state index contributed by atoms with van der Waals surface area (Å²) in [5.74, 6) is 14.3. The van der Waals surface area contributed by atoms with Crippen LogP contribution in [-0.4, -0.2) is 45.5 Å². The molecule has 5 aromatic rings. The monoisotopic (exact) mass is 664 g/mol. The van der Waals surface area contributed by atoms with Gasteiger partial charge < -0.3 is 23.7 Å². The maximum atomic E-state index is 11.1. The fraction of sp³-hybridized carbons (Fsp3) is 0.163. The van der Waals surface area contributed by atoms with Crippen molar-refractivity contribution < 1.29 is 33.3 Å². The van der Waals surface area contributed by atoms with Crippen molar-refractivity contribution in [2.24, 2.45) is 0 Å². The number of rotatable bonds is 13. The Balaban J connectivity index is 1.19. The summed E-state index contributed by atoms with van der Waals surface area (Å²) in [7, 11) is 1.63. The lowest BCUT2D eigenvalue weighted by molar-refractivity contribution is -0.138. The number of ether oxygens (including phenoxy) is 5. The lowest BCUT2D eigenvalue weighted by Gasteiger charge is -2.08. The molecule has 0 amide bonds. The molecule has 250 valence electrons. The van der Waals surface area contributed by atoms with E-state index in [0.29, 0.717) is 31.8 Å². The summed E-state index contributed by atoms with van der Waals surface area (Å²) in [6, 6.07) is 29.6. The van der Waals surface area contributed by atoms with Gasteiger partial charge in [-0.15, -0.1) is 0 Å². The summed E-state index contributed by atoms with van der Waals surface area (Å²) in [5, 5.41) is 4.17. The highest BCUT2D eigenvalue weighted by molar-refractivity contribution is 5.86. The van der Waals surface area contributed by atoms with E-state index in [-0.39, 0.29) is 13.2 Å². The first-order valence-corrected chi connectivity index (χ1v) is 16.1. The van der Waals surface area contributed by atoms with Crippen molar-refractivity contribution in [2.45, 2.75) is 12.8 Å². The number of carbonyl (C=O) groups excluding carboxylic acids is 2. The number of esters is 2. The lowest BCUT2D eigenvalue weighted by Crippen LogP contribution is -2.06. The normalized spacial score (nSPS) is 10.2. The maximum Gasteiger partial charge on any atom is 0.330 e. The first kappa shape index (κ1) is 34.9. The van der Waals surface area contributed by atoms with Crippen LogP contribution in [0.3, 0.4) is 0 Å². The number of carbonyl (C=O) groups is 2. The zero-order valence-electron chi connectivity index (χ0n) is 27.8. The van der Waals surface area contributed by atoms with Gasteiger partial charge in [0.05, 0.1) is 39.1 Å². The SMILES string of the molecule is C=CC(=O)OCCCOc1ccc2cc(C#Cc3ccc(C#Cc4ccc5cc(OCCCOC(=O)C=C)ccc5c4)c(OC)c3)ccc2c1. The van der Waals surface area contributed by atoms with Gasteiger partial charge in [-0.2, -0.15) is 0 Å². The molecular weight excluding hydrogens is 628 g/mol. The van der Waals surface area contributed by atoms with Crippen molar-refractivity contribution in [3.05, 3.63) is 139 Å². The largest absolute Gasteiger partial charge is 0.495 e. The highest BCUT2D eigenvalue weighted by Gasteiger charge is 2.04. The van der Waals surface area contributed by atoms with Crippen LogP contribution in [0.25, 0.3) is 21.5 Å². The molecule has 0 aliphatic rings. The second-order valence-corrected chi connectivity index (χ2v) is 11.0. The van der Waals surface area contributed by atoms with Crippen LogP contribution in [0.4, 0.5) is 0 Å². The average molecular weight is 665 g/mol. The van der Waals surface area contributed by atoms with Crippen molar-refractivity contribution in [1.82, 2.24) is 0 Å².